The van der Waals surface area contributed by atoms with E-state index in [9.17, 15) is 0 Å². The maximum absolute atomic E-state index is 3.41. The third kappa shape index (κ3) is 10.0. The van der Waals surface area contributed by atoms with Crippen LogP contribution in [0.1, 0.15) is 58.2 Å². The van der Waals surface area contributed by atoms with Crippen LogP contribution in [0.3, 0.4) is 0 Å². The molecule has 0 saturated carbocycles. The zero-order valence-corrected chi connectivity index (χ0v) is 24.8. The van der Waals surface area contributed by atoms with Crippen molar-refractivity contribution in [2.24, 2.45) is 0 Å². The Labute approximate surface area is 228 Å². The second-order valence-electron chi connectivity index (χ2n) is 11.1. The highest BCUT2D eigenvalue weighted by molar-refractivity contribution is 9.10. The number of nitrogens with zero attached hydrogens (tertiary/aromatic N) is 1. The van der Waals surface area contributed by atoms with Crippen molar-refractivity contribution in [3.63, 3.8) is 0 Å². The molecule has 0 atom stereocenters. The lowest BCUT2D eigenvalue weighted by atomic mass is 9.87. The van der Waals surface area contributed by atoms with E-state index in [1.54, 1.807) is 0 Å². The highest BCUT2D eigenvalue weighted by Gasteiger charge is 2.14. The number of hydrogen-bond acceptors (Lipinski definition) is 1. The van der Waals surface area contributed by atoms with Crippen LogP contribution in [0.25, 0.3) is 0 Å². The van der Waals surface area contributed by atoms with Crippen LogP contribution in [-0.4, -0.2) is 7.05 Å². The molecule has 0 aromatic heterocycles. The standard InChI is InChI=1S/C17H21N.C10H13Br.C7H8/c1-17(2,3)14-10-12-16(13-11-14)18(4)15-8-6-5-7-9-15;1-10(2,3)8-4-6-9(11)7-5-8;1-7-5-3-2-4-6-7/h5-13H,1-4H3;4-7H,1-3H3;2-6H,1H3. The predicted molar refractivity (Wildman–Crippen MR) is 164 cm³/mol. The van der Waals surface area contributed by atoms with Crippen LogP contribution in [-0.2, 0) is 10.8 Å². The summed E-state index contributed by atoms with van der Waals surface area (Å²) < 4.78 is 1.14. The third-order valence-electron chi connectivity index (χ3n) is 5.91. The molecule has 1 nitrogen and oxygen atoms in total. The molecule has 0 heterocycles. The highest BCUT2D eigenvalue weighted by Crippen LogP contribution is 2.27. The van der Waals surface area contributed by atoms with Gasteiger partial charge in [0.1, 0.15) is 0 Å². The summed E-state index contributed by atoms with van der Waals surface area (Å²) in [5.74, 6) is 0. The van der Waals surface area contributed by atoms with E-state index in [4.69, 9.17) is 0 Å². The minimum Gasteiger partial charge on any atom is -0.345 e. The second-order valence-corrected chi connectivity index (χ2v) is 12.0. The molecule has 36 heavy (non-hydrogen) atoms. The van der Waals surface area contributed by atoms with E-state index in [0.717, 1.165) is 4.47 Å². The fourth-order valence-corrected chi connectivity index (χ4v) is 3.73. The van der Waals surface area contributed by atoms with E-state index >= 15 is 0 Å². The number of aryl methyl sites for hydroxylation is 1. The number of hydrogen-bond donors (Lipinski definition) is 0. The Kier molecular flexibility index (Phi) is 11.0. The van der Waals surface area contributed by atoms with Gasteiger partial charge in [-0.1, -0.05) is 136 Å². The van der Waals surface area contributed by atoms with Gasteiger partial charge in [0.05, 0.1) is 0 Å². The first-order valence-electron chi connectivity index (χ1n) is 12.5. The first-order chi connectivity index (χ1) is 16.9. The van der Waals surface area contributed by atoms with Gasteiger partial charge in [0.2, 0.25) is 0 Å². The Morgan fingerprint density at radius 3 is 1.22 bits per heavy atom. The number of para-hydroxylation sites is 1. The van der Waals surface area contributed by atoms with Gasteiger partial charge in [0.15, 0.2) is 0 Å². The van der Waals surface area contributed by atoms with Crippen LogP contribution in [0.4, 0.5) is 11.4 Å². The zero-order chi connectivity index (χ0) is 26.8. The number of benzene rings is 4. The SMILES string of the molecule is CC(C)(C)c1ccc(Br)cc1.CN(c1ccccc1)c1ccc(C(C)(C)C)cc1.Cc1ccccc1. The molecule has 0 bridgehead atoms. The monoisotopic (exact) mass is 543 g/mol. The van der Waals surface area contributed by atoms with Crippen molar-refractivity contribution in [2.75, 3.05) is 11.9 Å². The van der Waals surface area contributed by atoms with Gasteiger partial charge < -0.3 is 4.90 Å². The molecule has 0 aliphatic carbocycles. The highest BCUT2D eigenvalue weighted by atomic mass is 79.9. The van der Waals surface area contributed by atoms with Gasteiger partial charge in [0.25, 0.3) is 0 Å². The molecule has 2 heteroatoms. The molecular weight excluding hydrogens is 502 g/mol. The Hall–Kier alpha value is -2.84. The number of halogens is 1. The molecular formula is C34H42BrN. The Balaban J connectivity index is 0.000000214. The fraction of sp³-hybridized carbons (Fsp3) is 0.294. The van der Waals surface area contributed by atoms with E-state index in [-0.39, 0.29) is 10.8 Å². The molecule has 0 unspecified atom stereocenters. The molecule has 0 fully saturated rings. The van der Waals surface area contributed by atoms with Crippen LogP contribution in [0.5, 0.6) is 0 Å². The average Bonchev–Trinajstić information content (AvgIpc) is 2.85. The lowest BCUT2D eigenvalue weighted by Gasteiger charge is -2.23. The smallest absolute Gasteiger partial charge is 0.0408 e. The lowest BCUT2D eigenvalue weighted by molar-refractivity contribution is 0.590. The molecule has 0 aliphatic heterocycles. The van der Waals surface area contributed by atoms with Gasteiger partial charge in [0, 0.05) is 22.9 Å². The summed E-state index contributed by atoms with van der Waals surface area (Å²) in [7, 11) is 2.10. The van der Waals surface area contributed by atoms with Crippen molar-refractivity contribution in [1.82, 2.24) is 0 Å². The minimum absolute atomic E-state index is 0.212. The van der Waals surface area contributed by atoms with Crippen molar-refractivity contribution in [3.05, 3.63) is 130 Å². The van der Waals surface area contributed by atoms with Gasteiger partial charge in [-0.25, -0.2) is 0 Å². The van der Waals surface area contributed by atoms with Crippen LogP contribution in [0, 0.1) is 6.92 Å². The van der Waals surface area contributed by atoms with E-state index in [0.29, 0.717) is 0 Å². The van der Waals surface area contributed by atoms with E-state index in [2.05, 4.69) is 161 Å². The normalized spacial score (nSPS) is 10.9. The average molecular weight is 545 g/mol. The van der Waals surface area contributed by atoms with Crippen molar-refractivity contribution in [3.8, 4) is 0 Å². The predicted octanol–water partition coefficient (Wildman–Crippen LogP) is 10.5. The van der Waals surface area contributed by atoms with Crippen molar-refractivity contribution >= 4 is 27.3 Å². The summed E-state index contributed by atoms with van der Waals surface area (Å²) in [6.45, 7) is 15.5. The van der Waals surface area contributed by atoms with Crippen LogP contribution in [0.2, 0.25) is 0 Å². The second kappa shape index (κ2) is 13.5. The zero-order valence-electron chi connectivity index (χ0n) is 23.2. The molecule has 4 aromatic carbocycles. The first kappa shape index (κ1) is 29.4. The minimum atomic E-state index is 0.212. The molecule has 4 rings (SSSR count). The lowest BCUT2D eigenvalue weighted by Crippen LogP contribution is -2.12. The van der Waals surface area contributed by atoms with Gasteiger partial charge in [-0.05, 0) is 65.3 Å². The Morgan fingerprint density at radius 1 is 0.500 bits per heavy atom. The van der Waals surface area contributed by atoms with Crippen molar-refractivity contribution in [2.45, 2.75) is 59.3 Å². The molecule has 0 radical (unpaired) electrons. The topological polar surface area (TPSA) is 3.24 Å². The summed E-state index contributed by atoms with van der Waals surface area (Å²) in [5.41, 5.74) is 6.97. The maximum Gasteiger partial charge on any atom is 0.0408 e. The molecule has 4 aromatic rings. The largest absolute Gasteiger partial charge is 0.345 e. The van der Waals surface area contributed by atoms with Crippen molar-refractivity contribution in [1.29, 1.82) is 0 Å². The summed E-state index contributed by atoms with van der Waals surface area (Å²) in [6.07, 6.45) is 0. The number of rotatable bonds is 2. The number of anilines is 2. The van der Waals surface area contributed by atoms with Gasteiger partial charge in [-0.3, -0.25) is 0 Å². The third-order valence-corrected chi connectivity index (χ3v) is 6.44. The fourth-order valence-electron chi connectivity index (χ4n) is 3.47. The quantitative estimate of drug-likeness (QED) is 0.243. The van der Waals surface area contributed by atoms with E-state index in [1.807, 2.05) is 24.3 Å². The van der Waals surface area contributed by atoms with E-state index in [1.165, 1.54) is 28.1 Å². The summed E-state index contributed by atoms with van der Waals surface area (Å²) in [6, 6.07) is 38.0. The molecule has 0 N–H and O–H groups in total. The van der Waals surface area contributed by atoms with Crippen molar-refractivity contribution < 1.29 is 0 Å². The Morgan fingerprint density at radius 2 is 0.861 bits per heavy atom. The van der Waals surface area contributed by atoms with E-state index < -0.39 is 0 Å². The molecule has 0 amide bonds. The van der Waals surface area contributed by atoms with Crippen LogP contribution >= 0.6 is 15.9 Å². The molecule has 0 saturated heterocycles. The van der Waals surface area contributed by atoms with Gasteiger partial charge in [-0.15, -0.1) is 0 Å². The van der Waals surface area contributed by atoms with Crippen LogP contribution in [0.15, 0.2) is 114 Å². The Bertz CT molecular complexity index is 1130. The molecule has 0 aliphatic rings. The summed E-state index contributed by atoms with van der Waals surface area (Å²) in [4.78, 5) is 2.20. The maximum atomic E-state index is 3.41. The summed E-state index contributed by atoms with van der Waals surface area (Å²) >= 11 is 3.41. The summed E-state index contributed by atoms with van der Waals surface area (Å²) in [5, 5.41) is 0. The van der Waals surface area contributed by atoms with Gasteiger partial charge in [-0.2, -0.15) is 0 Å². The van der Waals surface area contributed by atoms with Crippen LogP contribution < -0.4 is 4.90 Å². The first-order valence-corrected chi connectivity index (χ1v) is 13.3. The van der Waals surface area contributed by atoms with Gasteiger partial charge >= 0.3 is 0 Å². The molecule has 190 valence electrons. The molecule has 0 spiro atoms.